The summed E-state index contributed by atoms with van der Waals surface area (Å²) in [4.78, 5) is 13.1. The van der Waals surface area contributed by atoms with Crippen LogP contribution < -0.4 is 0 Å². The van der Waals surface area contributed by atoms with Crippen LogP contribution in [0.3, 0.4) is 0 Å². The van der Waals surface area contributed by atoms with Gasteiger partial charge < -0.3 is 4.74 Å². The van der Waals surface area contributed by atoms with Crippen molar-refractivity contribution in [1.82, 2.24) is 0 Å². The van der Waals surface area contributed by atoms with E-state index in [-0.39, 0.29) is 27.6 Å². The Morgan fingerprint density at radius 3 is 2.11 bits per heavy atom. The Balaban J connectivity index is 2.19. The number of Topliss-reactive ketones (excluding diaryl/α,β-unsaturated/α-hetero) is 1. The van der Waals surface area contributed by atoms with E-state index in [1.807, 2.05) is 0 Å². The van der Waals surface area contributed by atoms with Crippen LogP contribution in [0.25, 0.3) is 11.3 Å². The van der Waals surface area contributed by atoms with E-state index in [9.17, 15) is 22.0 Å². The summed E-state index contributed by atoms with van der Waals surface area (Å²) in [6.45, 7) is 3.42. The first kappa shape index (κ1) is 19.2. The quantitative estimate of drug-likeness (QED) is 0.789. The second-order valence-corrected chi connectivity index (χ2v) is 8.66. The molecule has 0 N–H and O–H groups in total. The van der Waals surface area contributed by atoms with Gasteiger partial charge in [-0.3, -0.25) is 4.79 Å². The zero-order valence-corrected chi connectivity index (χ0v) is 15.9. The van der Waals surface area contributed by atoms with Gasteiger partial charge in [0.05, 0.1) is 10.5 Å². The summed E-state index contributed by atoms with van der Waals surface area (Å²) in [5.74, 6) is -2.19. The number of halogens is 2. The lowest BCUT2D eigenvalue weighted by molar-refractivity contribution is -0.126. The van der Waals surface area contributed by atoms with Crippen LogP contribution in [0, 0.1) is 11.6 Å². The first-order chi connectivity index (χ1) is 12.6. The molecule has 0 spiro atoms. The van der Waals surface area contributed by atoms with Gasteiger partial charge in [-0.25, -0.2) is 17.2 Å². The molecule has 1 heterocycles. The number of hydrogen-bond acceptors (Lipinski definition) is 4. The van der Waals surface area contributed by atoms with Gasteiger partial charge in [0.25, 0.3) is 0 Å². The Bertz CT molecular complexity index is 1060. The number of ketones is 1. The molecule has 1 aliphatic heterocycles. The molecule has 3 rings (SSSR count). The van der Waals surface area contributed by atoms with Crippen molar-refractivity contribution in [3.63, 3.8) is 0 Å². The van der Waals surface area contributed by atoms with Gasteiger partial charge in [-0.1, -0.05) is 13.0 Å². The van der Waals surface area contributed by atoms with E-state index in [4.69, 9.17) is 4.74 Å². The predicted octanol–water partition coefficient (Wildman–Crippen LogP) is 4.00. The highest BCUT2D eigenvalue weighted by molar-refractivity contribution is 7.90. The van der Waals surface area contributed by atoms with Gasteiger partial charge in [0.15, 0.2) is 27.1 Å². The van der Waals surface area contributed by atoms with Crippen molar-refractivity contribution in [3.05, 3.63) is 65.2 Å². The van der Waals surface area contributed by atoms with Crippen molar-refractivity contribution < 1.29 is 26.7 Å². The first-order valence-electron chi connectivity index (χ1n) is 8.31. The van der Waals surface area contributed by atoms with E-state index >= 15 is 0 Å². The lowest BCUT2D eigenvalue weighted by Crippen LogP contribution is -2.32. The Labute approximate surface area is 156 Å². The molecule has 4 nitrogen and oxygen atoms in total. The zero-order chi connectivity index (χ0) is 20.0. The lowest BCUT2D eigenvalue weighted by Gasteiger charge is -2.21. The predicted molar refractivity (Wildman–Crippen MR) is 97.5 cm³/mol. The molecule has 0 radical (unpaired) electrons. The van der Waals surface area contributed by atoms with Gasteiger partial charge in [0.1, 0.15) is 5.76 Å². The maximum atomic E-state index is 13.7. The van der Waals surface area contributed by atoms with Crippen molar-refractivity contribution in [2.45, 2.75) is 30.8 Å². The van der Waals surface area contributed by atoms with Crippen LogP contribution in [-0.4, -0.2) is 26.1 Å². The average Bonchev–Trinajstić information content (AvgIpc) is 2.89. The highest BCUT2D eigenvalue weighted by atomic mass is 32.2. The summed E-state index contributed by atoms with van der Waals surface area (Å²) >= 11 is 0. The third kappa shape index (κ3) is 3.39. The standard InChI is InChI=1S/C20H18F2O4S/c1-4-20(2)19(23)17(13-7-10-15(21)16(22)11-13)18(26-20)12-5-8-14(9-6-12)27(3,24)25/h5-11H,4H2,1-3H3. The fourth-order valence-electron chi connectivity index (χ4n) is 2.89. The van der Waals surface area contributed by atoms with E-state index in [0.29, 0.717) is 12.0 Å². The van der Waals surface area contributed by atoms with Gasteiger partial charge in [-0.15, -0.1) is 0 Å². The Kier molecular flexibility index (Phi) is 4.67. The molecular weight excluding hydrogens is 374 g/mol. The van der Waals surface area contributed by atoms with Gasteiger partial charge in [0, 0.05) is 11.8 Å². The van der Waals surface area contributed by atoms with Crippen LogP contribution in [0.5, 0.6) is 0 Å². The summed E-state index contributed by atoms with van der Waals surface area (Å²) < 4.78 is 56.3. The molecule has 1 atom stereocenters. The third-order valence-electron chi connectivity index (χ3n) is 4.69. The molecule has 0 aliphatic carbocycles. The monoisotopic (exact) mass is 392 g/mol. The van der Waals surface area contributed by atoms with Gasteiger partial charge >= 0.3 is 0 Å². The Morgan fingerprint density at radius 2 is 1.59 bits per heavy atom. The number of rotatable bonds is 4. The summed E-state index contributed by atoms with van der Waals surface area (Å²) in [7, 11) is -3.37. The Morgan fingerprint density at radius 1 is 1.00 bits per heavy atom. The van der Waals surface area contributed by atoms with Crippen LogP contribution in [0.2, 0.25) is 0 Å². The minimum Gasteiger partial charge on any atom is -0.478 e. The highest BCUT2D eigenvalue weighted by Gasteiger charge is 2.45. The number of ether oxygens (including phenoxy) is 1. The molecule has 0 fully saturated rings. The molecule has 2 aromatic rings. The molecular formula is C20H18F2O4S. The van der Waals surface area contributed by atoms with E-state index in [1.54, 1.807) is 13.8 Å². The second-order valence-electron chi connectivity index (χ2n) is 6.65. The normalized spacial score (nSPS) is 20.1. The molecule has 0 saturated carbocycles. The topological polar surface area (TPSA) is 60.4 Å². The molecule has 1 aliphatic rings. The molecule has 0 aromatic heterocycles. The van der Waals surface area contributed by atoms with Crippen LogP contribution in [0.1, 0.15) is 31.4 Å². The molecule has 142 valence electrons. The molecule has 0 amide bonds. The highest BCUT2D eigenvalue weighted by Crippen LogP contribution is 2.43. The zero-order valence-electron chi connectivity index (χ0n) is 15.0. The SMILES string of the molecule is CCC1(C)OC(c2ccc(S(C)(=O)=O)cc2)=C(c2ccc(F)c(F)c2)C1=O. The van der Waals surface area contributed by atoms with E-state index in [0.717, 1.165) is 18.4 Å². The number of sulfone groups is 1. The number of carbonyl (C=O) groups excluding carboxylic acids is 1. The van der Waals surface area contributed by atoms with Crippen molar-refractivity contribution in [3.8, 4) is 0 Å². The summed E-state index contributed by atoms with van der Waals surface area (Å²) in [5.41, 5.74) is -0.304. The smallest absolute Gasteiger partial charge is 0.210 e. The van der Waals surface area contributed by atoms with Gasteiger partial charge in [0.2, 0.25) is 5.78 Å². The number of benzene rings is 2. The van der Waals surface area contributed by atoms with Crippen LogP contribution in [-0.2, 0) is 19.4 Å². The Hall–Kier alpha value is -2.54. The average molecular weight is 392 g/mol. The van der Waals surface area contributed by atoms with Gasteiger partial charge in [-0.2, -0.15) is 0 Å². The van der Waals surface area contributed by atoms with Gasteiger partial charge in [-0.05, 0) is 55.3 Å². The molecule has 1 unspecified atom stereocenters. The van der Waals surface area contributed by atoms with E-state index in [2.05, 4.69) is 0 Å². The van der Waals surface area contributed by atoms with Crippen LogP contribution in [0.4, 0.5) is 8.78 Å². The van der Waals surface area contributed by atoms with Crippen molar-refractivity contribution in [2.75, 3.05) is 6.26 Å². The van der Waals surface area contributed by atoms with Crippen molar-refractivity contribution in [1.29, 1.82) is 0 Å². The molecule has 7 heteroatoms. The van der Waals surface area contributed by atoms with E-state index < -0.39 is 27.1 Å². The largest absolute Gasteiger partial charge is 0.478 e. The first-order valence-corrected chi connectivity index (χ1v) is 10.2. The summed E-state index contributed by atoms with van der Waals surface area (Å²) in [5, 5.41) is 0. The molecule has 0 bridgehead atoms. The minimum absolute atomic E-state index is 0.129. The fourth-order valence-corrected chi connectivity index (χ4v) is 3.52. The summed E-state index contributed by atoms with van der Waals surface area (Å²) in [6, 6.07) is 9.11. The van der Waals surface area contributed by atoms with Crippen LogP contribution >= 0.6 is 0 Å². The van der Waals surface area contributed by atoms with Crippen molar-refractivity contribution in [2.24, 2.45) is 0 Å². The van der Waals surface area contributed by atoms with Crippen molar-refractivity contribution >= 4 is 27.0 Å². The van der Waals surface area contributed by atoms with E-state index in [1.165, 1.54) is 30.3 Å². The second kappa shape index (κ2) is 6.56. The number of carbonyl (C=O) groups is 1. The summed E-state index contributed by atoms with van der Waals surface area (Å²) in [6.07, 6.45) is 1.47. The maximum absolute atomic E-state index is 13.7. The van der Waals surface area contributed by atoms with Crippen LogP contribution in [0.15, 0.2) is 47.4 Å². The molecule has 27 heavy (non-hydrogen) atoms. The minimum atomic E-state index is -3.37. The third-order valence-corrected chi connectivity index (χ3v) is 5.82. The number of hydrogen-bond donors (Lipinski definition) is 0. The lowest BCUT2D eigenvalue weighted by atomic mass is 9.90. The molecule has 0 saturated heterocycles. The maximum Gasteiger partial charge on any atom is 0.210 e. The molecule has 2 aromatic carbocycles. The fraction of sp³-hybridized carbons (Fsp3) is 0.250.